The third-order valence-electron chi connectivity index (χ3n) is 6.62. The summed E-state index contributed by atoms with van der Waals surface area (Å²) in [5, 5.41) is 4.00. The van der Waals surface area contributed by atoms with Gasteiger partial charge in [0.05, 0.1) is 18.9 Å². The third kappa shape index (κ3) is 5.77. The minimum absolute atomic E-state index is 0.174. The van der Waals surface area contributed by atoms with Crippen LogP contribution in [-0.4, -0.2) is 31.1 Å². The smallest absolute Gasteiger partial charge is 0.336 e. The van der Waals surface area contributed by atoms with Crippen molar-refractivity contribution in [2.75, 3.05) is 18.1 Å². The molecule has 5 rings (SSSR count). The summed E-state index contributed by atoms with van der Waals surface area (Å²) in [6.07, 6.45) is 1.48. The SMILES string of the molecule is CCOc1ccc(OCC)c(N2C(=O)NC(=O)/C(=C\c3c(OCc4ccc(C)cc4)ccc4ccccc34)C2=O)c1. The topological polar surface area (TPSA) is 94.2 Å². The predicted octanol–water partition coefficient (Wildman–Crippen LogP) is 6.19. The van der Waals surface area contributed by atoms with Gasteiger partial charge in [0.15, 0.2) is 0 Å². The quantitative estimate of drug-likeness (QED) is 0.197. The number of nitrogens with one attached hydrogen (secondary N) is 1. The average molecular weight is 551 g/mol. The Kier molecular flexibility index (Phi) is 8.01. The molecule has 1 saturated heterocycles. The van der Waals surface area contributed by atoms with E-state index in [1.165, 1.54) is 6.08 Å². The van der Waals surface area contributed by atoms with Gasteiger partial charge in [-0.3, -0.25) is 14.9 Å². The molecule has 1 aliphatic rings. The summed E-state index contributed by atoms with van der Waals surface area (Å²) in [4.78, 5) is 40.9. The molecular weight excluding hydrogens is 520 g/mol. The molecule has 1 N–H and O–H groups in total. The molecule has 8 heteroatoms. The van der Waals surface area contributed by atoms with Crippen LogP contribution in [0, 0.1) is 6.92 Å². The van der Waals surface area contributed by atoms with Gasteiger partial charge in [0.1, 0.15) is 29.4 Å². The van der Waals surface area contributed by atoms with Crippen molar-refractivity contribution >= 4 is 40.4 Å². The van der Waals surface area contributed by atoms with Gasteiger partial charge in [-0.15, -0.1) is 0 Å². The van der Waals surface area contributed by atoms with E-state index in [1.54, 1.807) is 25.1 Å². The van der Waals surface area contributed by atoms with Crippen molar-refractivity contribution in [3.8, 4) is 17.2 Å². The first-order valence-corrected chi connectivity index (χ1v) is 13.4. The first kappa shape index (κ1) is 27.5. The summed E-state index contributed by atoms with van der Waals surface area (Å²) in [6.45, 7) is 6.64. The number of barbiturate groups is 1. The lowest BCUT2D eigenvalue weighted by molar-refractivity contribution is -0.122. The third-order valence-corrected chi connectivity index (χ3v) is 6.62. The van der Waals surface area contributed by atoms with Crippen molar-refractivity contribution in [1.29, 1.82) is 0 Å². The Morgan fingerprint density at radius 2 is 1.54 bits per heavy atom. The van der Waals surface area contributed by atoms with Crippen LogP contribution < -0.4 is 24.4 Å². The van der Waals surface area contributed by atoms with Crippen molar-refractivity contribution in [1.82, 2.24) is 5.32 Å². The largest absolute Gasteiger partial charge is 0.494 e. The van der Waals surface area contributed by atoms with Crippen LogP contribution in [0.1, 0.15) is 30.5 Å². The first-order valence-electron chi connectivity index (χ1n) is 13.4. The van der Waals surface area contributed by atoms with Gasteiger partial charge in [0.2, 0.25) is 0 Å². The fourth-order valence-electron chi connectivity index (χ4n) is 4.62. The van der Waals surface area contributed by atoms with E-state index in [0.29, 0.717) is 42.6 Å². The van der Waals surface area contributed by atoms with Gasteiger partial charge in [0, 0.05) is 11.6 Å². The van der Waals surface area contributed by atoms with E-state index in [1.807, 2.05) is 74.5 Å². The van der Waals surface area contributed by atoms with Crippen molar-refractivity contribution < 1.29 is 28.6 Å². The van der Waals surface area contributed by atoms with E-state index in [-0.39, 0.29) is 11.3 Å². The van der Waals surface area contributed by atoms with E-state index < -0.39 is 17.8 Å². The second kappa shape index (κ2) is 12.0. The zero-order chi connectivity index (χ0) is 28.9. The second-order valence-electron chi connectivity index (χ2n) is 9.43. The highest BCUT2D eigenvalue weighted by atomic mass is 16.5. The Bertz CT molecular complexity index is 1660. The Labute approximate surface area is 238 Å². The summed E-state index contributed by atoms with van der Waals surface area (Å²) in [6, 6.07) is 23.4. The zero-order valence-electron chi connectivity index (χ0n) is 23.1. The van der Waals surface area contributed by atoms with Gasteiger partial charge in [0.25, 0.3) is 11.8 Å². The molecule has 0 aliphatic carbocycles. The van der Waals surface area contributed by atoms with Gasteiger partial charge in [-0.05, 0) is 61.4 Å². The van der Waals surface area contributed by atoms with Gasteiger partial charge < -0.3 is 14.2 Å². The van der Waals surface area contributed by atoms with E-state index in [9.17, 15) is 14.4 Å². The molecule has 1 heterocycles. The maximum Gasteiger partial charge on any atom is 0.336 e. The molecule has 0 spiro atoms. The molecule has 0 bridgehead atoms. The molecule has 0 aromatic heterocycles. The lowest BCUT2D eigenvalue weighted by atomic mass is 9.99. The molecule has 208 valence electrons. The number of amides is 4. The van der Waals surface area contributed by atoms with E-state index >= 15 is 0 Å². The van der Waals surface area contributed by atoms with Crippen molar-refractivity contribution in [2.24, 2.45) is 0 Å². The van der Waals surface area contributed by atoms with Gasteiger partial charge in [-0.1, -0.05) is 60.2 Å². The molecule has 0 saturated carbocycles. The second-order valence-corrected chi connectivity index (χ2v) is 9.43. The molecule has 41 heavy (non-hydrogen) atoms. The summed E-state index contributed by atoms with van der Waals surface area (Å²) >= 11 is 0. The predicted molar refractivity (Wildman–Crippen MR) is 157 cm³/mol. The highest BCUT2D eigenvalue weighted by molar-refractivity contribution is 6.39. The Balaban J connectivity index is 1.59. The summed E-state index contributed by atoms with van der Waals surface area (Å²) in [5.41, 5.74) is 2.63. The minimum atomic E-state index is -0.875. The number of fused-ring (bicyclic) bond motifs is 1. The number of rotatable bonds is 9. The number of imide groups is 2. The summed E-state index contributed by atoms with van der Waals surface area (Å²) in [7, 11) is 0. The maximum absolute atomic E-state index is 13.9. The number of benzene rings is 4. The molecule has 0 unspecified atom stereocenters. The number of carbonyl (C=O) groups excluding carboxylic acids is 3. The molecule has 4 amide bonds. The van der Waals surface area contributed by atoms with Gasteiger partial charge in [-0.25, -0.2) is 9.69 Å². The number of nitrogens with zero attached hydrogens (tertiary/aromatic N) is 1. The molecule has 1 aliphatic heterocycles. The van der Waals surface area contributed by atoms with E-state index in [0.717, 1.165) is 26.8 Å². The number of urea groups is 1. The van der Waals surface area contributed by atoms with Crippen LogP contribution >= 0.6 is 0 Å². The molecule has 4 aromatic carbocycles. The van der Waals surface area contributed by atoms with Crippen LogP contribution in [0.15, 0.2) is 84.4 Å². The summed E-state index contributed by atoms with van der Waals surface area (Å²) in [5.74, 6) is -0.331. The van der Waals surface area contributed by atoms with Crippen LogP contribution in [-0.2, 0) is 16.2 Å². The Morgan fingerprint density at radius 1 is 0.805 bits per heavy atom. The highest BCUT2D eigenvalue weighted by Crippen LogP contribution is 2.36. The zero-order valence-corrected chi connectivity index (χ0v) is 23.1. The number of hydrogen-bond acceptors (Lipinski definition) is 6. The van der Waals surface area contributed by atoms with Crippen LogP contribution in [0.5, 0.6) is 17.2 Å². The summed E-state index contributed by atoms with van der Waals surface area (Å²) < 4.78 is 17.5. The van der Waals surface area contributed by atoms with Gasteiger partial charge in [-0.2, -0.15) is 0 Å². The minimum Gasteiger partial charge on any atom is -0.494 e. The molecule has 0 radical (unpaired) electrons. The standard InChI is InChI=1S/C33H30N2O6/c1-4-39-24-15-17-30(40-5-2)28(18-24)35-32(37)27(31(36)34-33(35)38)19-26-25-9-7-6-8-23(25)14-16-29(26)41-20-22-12-10-21(3)11-13-22/h6-19H,4-5,20H2,1-3H3,(H,34,36,38)/b27-19+. The van der Waals surface area contributed by atoms with E-state index in [2.05, 4.69) is 5.32 Å². The number of hydrogen-bond donors (Lipinski definition) is 1. The Morgan fingerprint density at radius 3 is 2.29 bits per heavy atom. The lowest BCUT2D eigenvalue weighted by Crippen LogP contribution is -2.54. The van der Waals surface area contributed by atoms with Crippen molar-refractivity contribution in [3.05, 3.63) is 101 Å². The fraction of sp³-hybridized carbons (Fsp3) is 0.182. The highest BCUT2D eigenvalue weighted by Gasteiger charge is 2.38. The number of anilines is 1. The van der Waals surface area contributed by atoms with Gasteiger partial charge >= 0.3 is 6.03 Å². The van der Waals surface area contributed by atoms with Crippen LogP contribution in [0.2, 0.25) is 0 Å². The first-order chi connectivity index (χ1) is 19.9. The fourth-order valence-corrected chi connectivity index (χ4v) is 4.62. The van der Waals surface area contributed by atoms with E-state index in [4.69, 9.17) is 14.2 Å². The lowest BCUT2D eigenvalue weighted by Gasteiger charge is -2.28. The molecule has 0 atom stereocenters. The van der Waals surface area contributed by atoms with Crippen LogP contribution in [0.3, 0.4) is 0 Å². The molecule has 1 fully saturated rings. The molecule has 8 nitrogen and oxygen atoms in total. The molecule has 4 aromatic rings. The normalized spacial score (nSPS) is 14.4. The maximum atomic E-state index is 13.9. The molecular formula is C33H30N2O6. The van der Waals surface area contributed by atoms with Crippen LogP contribution in [0.4, 0.5) is 10.5 Å². The number of carbonyl (C=O) groups is 3. The average Bonchev–Trinajstić information content (AvgIpc) is 2.96. The number of aryl methyl sites for hydroxylation is 1. The van der Waals surface area contributed by atoms with Crippen LogP contribution in [0.25, 0.3) is 16.8 Å². The Hall–Kier alpha value is -5.11. The van der Waals surface area contributed by atoms with Crippen molar-refractivity contribution in [3.63, 3.8) is 0 Å². The number of ether oxygens (including phenoxy) is 3. The monoisotopic (exact) mass is 550 g/mol. The van der Waals surface area contributed by atoms with Crippen molar-refractivity contribution in [2.45, 2.75) is 27.4 Å².